The van der Waals surface area contributed by atoms with Crippen molar-refractivity contribution in [3.63, 3.8) is 0 Å². The minimum atomic E-state index is -1.07. The van der Waals surface area contributed by atoms with E-state index < -0.39 is 18.2 Å². The second-order valence-corrected chi connectivity index (χ2v) is 5.36. The molecular weight excluding hydrogens is 290 g/mol. The van der Waals surface area contributed by atoms with Gasteiger partial charge in [0.2, 0.25) is 0 Å². The lowest BCUT2D eigenvalue weighted by molar-refractivity contribution is 0.0273. The van der Waals surface area contributed by atoms with Crippen LogP contribution in [0.5, 0.6) is 11.5 Å². The lowest BCUT2D eigenvalue weighted by atomic mass is 10.0. The van der Waals surface area contributed by atoms with Crippen LogP contribution < -0.4 is 14.8 Å². The van der Waals surface area contributed by atoms with E-state index in [4.69, 9.17) is 9.47 Å². The number of nitrogens with zero attached hydrogens (tertiary/aromatic N) is 2. The lowest BCUT2D eigenvalue weighted by Gasteiger charge is -2.36. The minimum absolute atomic E-state index is 0.105. The van der Waals surface area contributed by atoms with Crippen molar-refractivity contribution in [1.29, 1.82) is 0 Å². The van der Waals surface area contributed by atoms with E-state index >= 15 is 0 Å². The van der Waals surface area contributed by atoms with Gasteiger partial charge in [0.05, 0.1) is 30.6 Å². The number of aromatic nitrogens is 1. The number of fused-ring (bicyclic) bond motifs is 1. The summed E-state index contributed by atoms with van der Waals surface area (Å²) in [6, 6.07) is 1.26. The third-order valence-electron chi connectivity index (χ3n) is 3.88. The zero-order valence-electron chi connectivity index (χ0n) is 12.1. The molecule has 1 aromatic heterocycles. The molecule has 0 saturated carbocycles. The molecular formula is C14H19N3O5. The number of hydrogen-bond acceptors (Lipinski definition) is 6. The summed E-state index contributed by atoms with van der Waals surface area (Å²) in [6.07, 6.45) is 0.325. The SMILES string of the molecule is O=C(O)N(Cc1cc2c(cn1)OCCO2)[C@H]1CCNC[C@@H]1O. The Labute approximate surface area is 127 Å². The molecule has 120 valence electrons. The van der Waals surface area contributed by atoms with Crippen molar-refractivity contribution in [2.75, 3.05) is 26.3 Å². The summed E-state index contributed by atoms with van der Waals surface area (Å²) in [5, 5.41) is 22.5. The van der Waals surface area contributed by atoms with Crippen molar-refractivity contribution in [3.8, 4) is 11.5 Å². The molecule has 3 heterocycles. The summed E-state index contributed by atoms with van der Waals surface area (Å²) in [4.78, 5) is 17.0. The van der Waals surface area contributed by atoms with Crippen LogP contribution in [0.15, 0.2) is 12.3 Å². The van der Waals surface area contributed by atoms with Crippen molar-refractivity contribution >= 4 is 6.09 Å². The van der Waals surface area contributed by atoms with Gasteiger partial charge < -0.3 is 25.0 Å². The van der Waals surface area contributed by atoms with Gasteiger partial charge in [-0.25, -0.2) is 4.79 Å². The molecule has 1 fully saturated rings. The maximum absolute atomic E-state index is 11.5. The number of hydrogen-bond donors (Lipinski definition) is 3. The second-order valence-electron chi connectivity index (χ2n) is 5.36. The molecule has 3 rings (SSSR count). The number of nitrogens with one attached hydrogen (secondary N) is 1. The van der Waals surface area contributed by atoms with Crippen LogP contribution in [-0.2, 0) is 6.54 Å². The van der Waals surface area contributed by atoms with Crippen LogP contribution in [0.3, 0.4) is 0 Å². The monoisotopic (exact) mass is 309 g/mol. The summed E-state index contributed by atoms with van der Waals surface area (Å²) in [7, 11) is 0. The molecule has 3 N–H and O–H groups in total. The number of aliphatic hydroxyl groups excluding tert-OH is 1. The topological polar surface area (TPSA) is 104 Å². The standard InChI is InChI=1S/C14H19N3O5/c18-11-6-15-2-1-10(11)17(14(19)20)8-9-5-12-13(7-16-9)22-4-3-21-12/h5,7,10-11,15,18H,1-4,6,8H2,(H,19,20)/t10-,11-/m0/s1. The summed E-state index contributed by atoms with van der Waals surface area (Å²) < 4.78 is 10.9. The van der Waals surface area contributed by atoms with Crippen molar-refractivity contribution in [2.45, 2.75) is 25.1 Å². The van der Waals surface area contributed by atoms with Gasteiger partial charge in [-0.3, -0.25) is 9.88 Å². The van der Waals surface area contributed by atoms with Crippen LogP contribution in [0.4, 0.5) is 4.79 Å². The molecule has 1 aromatic rings. The van der Waals surface area contributed by atoms with Crippen molar-refractivity contribution in [3.05, 3.63) is 18.0 Å². The highest BCUT2D eigenvalue weighted by atomic mass is 16.6. The van der Waals surface area contributed by atoms with Gasteiger partial charge in [0, 0.05) is 12.6 Å². The maximum Gasteiger partial charge on any atom is 0.407 e. The van der Waals surface area contributed by atoms with Crippen LogP contribution in [0, 0.1) is 0 Å². The fourth-order valence-corrected chi connectivity index (χ4v) is 2.77. The number of ether oxygens (including phenoxy) is 2. The molecule has 8 nitrogen and oxygen atoms in total. The Bertz CT molecular complexity index is 553. The average molecular weight is 309 g/mol. The summed E-state index contributed by atoms with van der Waals surface area (Å²) in [5.74, 6) is 1.14. The predicted molar refractivity (Wildman–Crippen MR) is 76.1 cm³/mol. The number of aliphatic hydroxyl groups is 1. The molecule has 0 radical (unpaired) electrons. The third-order valence-corrected chi connectivity index (χ3v) is 3.88. The molecule has 2 atom stereocenters. The van der Waals surface area contributed by atoms with Crippen LogP contribution in [-0.4, -0.2) is 64.6 Å². The number of piperidine rings is 1. The predicted octanol–water partition coefficient (Wildman–Crippen LogP) is 0.0556. The van der Waals surface area contributed by atoms with Crippen LogP contribution in [0.1, 0.15) is 12.1 Å². The van der Waals surface area contributed by atoms with Crippen molar-refractivity contribution < 1.29 is 24.5 Å². The van der Waals surface area contributed by atoms with Crippen molar-refractivity contribution in [2.24, 2.45) is 0 Å². The highest BCUT2D eigenvalue weighted by molar-refractivity contribution is 5.65. The van der Waals surface area contributed by atoms with Gasteiger partial charge in [-0.05, 0) is 13.0 Å². The van der Waals surface area contributed by atoms with E-state index in [2.05, 4.69) is 10.3 Å². The number of β-amino-alcohol motifs (C(OH)–C–C–N with tert-alkyl or cyclic N) is 1. The number of rotatable bonds is 3. The van der Waals surface area contributed by atoms with Crippen molar-refractivity contribution in [1.82, 2.24) is 15.2 Å². The number of carbonyl (C=O) groups is 1. The largest absolute Gasteiger partial charge is 0.486 e. The van der Waals surface area contributed by atoms with Gasteiger partial charge in [0.15, 0.2) is 11.5 Å². The zero-order chi connectivity index (χ0) is 15.5. The summed E-state index contributed by atoms with van der Waals surface area (Å²) in [5.41, 5.74) is 0.567. The van der Waals surface area contributed by atoms with Gasteiger partial charge >= 0.3 is 6.09 Å². The van der Waals surface area contributed by atoms with Gasteiger partial charge in [-0.1, -0.05) is 0 Å². The van der Waals surface area contributed by atoms with E-state index in [-0.39, 0.29) is 6.54 Å². The number of carboxylic acid groups (broad SMARTS) is 1. The molecule has 0 unspecified atom stereocenters. The van der Waals surface area contributed by atoms with E-state index in [0.717, 1.165) is 0 Å². The molecule has 2 aliphatic heterocycles. The molecule has 22 heavy (non-hydrogen) atoms. The Morgan fingerprint density at radius 1 is 1.41 bits per heavy atom. The quantitative estimate of drug-likeness (QED) is 0.725. The fraction of sp³-hybridized carbons (Fsp3) is 0.571. The van der Waals surface area contributed by atoms with Gasteiger partial charge in [0.1, 0.15) is 13.2 Å². The van der Waals surface area contributed by atoms with E-state index in [1.54, 1.807) is 12.3 Å². The Hall–Kier alpha value is -2.06. The molecule has 1 amide bonds. The molecule has 0 aliphatic carbocycles. The molecule has 8 heteroatoms. The second kappa shape index (κ2) is 6.37. The maximum atomic E-state index is 11.5. The lowest BCUT2D eigenvalue weighted by Crippen LogP contribution is -2.54. The minimum Gasteiger partial charge on any atom is -0.486 e. The third kappa shape index (κ3) is 3.07. The van der Waals surface area contributed by atoms with E-state index in [0.29, 0.717) is 49.9 Å². The Kier molecular flexibility index (Phi) is 4.30. The Morgan fingerprint density at radius 2 is 2.18 bits per heavy atom. The molecule has 1 saturated heterocycles. The Balaban J connectivity index is 1.77. The highest BCUT2D eigenvalue weighted by Crippen LogP contribution is 2.30. The first kappa shape index (κ1) is 14.9. The molecule has 0 aromatic carbocycles. The van der Waals surface area contributed by atoms with Crippen LogP contribution >= 0.6 is 0 Å². The molecule has 2 aliphatic rings. The smallest absolute Gasteiger partial charge is 0.407 e. The van der Waals surface area contributed by atoms with E-state index in [1.807, 2.05) is 0 Å². The van der Waals surface area contributed by atoms with Gasteiger partial charge in [-0.2, -0.15) is 0 Å². The van der Waals surface area contributed by atoms with Crippen LogP contribution in [0.25, 0.3) is 0 Å². The number of pyridine rings is 1. The summed E-state index contributed by atoms with van der Waals surface area (Å²) >= 11 is 0. The first-order valence-electron chi connectivity index (χ1n) is 7.28. The molecule has 0 spiro atoms. The van der Waals surface area contributed by atoms with E-state index in [1.165, 1.54) is 4.90 Å². The fourth-order valence-electron chi connectivity index (χ4n) is 2.77. The first-order chi connectivity index (χ1) is 10.6. The average Bonchev–Trinajstić information content (AvgIpc) is 2.53. The summed E-state index contributed by atoms with van der Waals surface area (Å²) in [6.45, 7) is 2.12. The zero-order valence-corrected chi connectivity index (χ0v) is 12.1. The highest BCUT2D eigenvalue weighted by Gasteiger charge is 2.32. The van der Waals surface area contributed by atoms with E-state index in [9.17, 15) is 15.0 Å². The first-order valence-corrected chi connectivity index (χ1v) is 7.28. The van der Waals surface area contributed by atoms with Gasteiger partial charge in [-0.15, -0.1) is 0 Å². The molecule has 0 bridgehead atoms. The van der Waals surface area contributed by atoms with Crippen LogP contribution in [0.2, 0.25) is 0 Å². The number of amides is 1. The normalized spacial score (nSPS) is 23.9. The Morgan fingerprint density at radius 3 is 2.91 bits per heavy atom. The van der Waals surface area contributed by atoms with Gasteiger partial charge in [0.25, 0.3) is 0 Å².